The summed E-state index contributed by atoms with van der Waals surface area (Å²) in [6.07, 6.45) is 5.69. The van der Waals surface area contributed by atoms with Gasteiger partial charge < -0.3 is 5.32 Å². The van der Waals surface area contributed by atoms with E-state index in [0.717, 1.165) is 18.9 Å². The highest BCUT2D eigenvalue weighted by Gasteiger charge is 2.34. The maximum atomic E-state index is 4.43. The molecule has 3 heteroatoms. The first-order valence-corrected chi connectivity index (χ1v) is 6.47. The van der Waals surface area contributed by atoms with Gasteiger partial charge in [0.05, 0.1) is 0 Å². The lowest BCUT2D eigenvalue weighted by Crippen LogP contribution is -2.29. The van der Waals surface area contributed by atoms with E-state index in [1.807, 2.05) is 6.20 Å². The molecule has 3 unspecified atom stereocenters. The van der Waals surface area contributed by atoms with Crippen LogP contribution in [-0.4, -0.2) is 22.9 Å². The Morgan fingerprint density at radius 1 is 1.50 bits per heavy atom. The molecular formula is C13H23N3. The molecule has 3 atom stereocenters. The molecule has 1 aromatic rings. The minimum atomic E-state index is 0.676. The van der Waals surface area contributed by atoms with Gasteiger partial charge in [0.2, 0.25) is 0 Å². The molecule has 0 radical (unpaired) electrons. The van der Waals surface area contributed by atoms with E-state index in [-0.39, 0.29) is 0 Å². The maximum absolute atomic E-state index is 4.43. The predicted molar refractivity (Wildman–Crippen MR) is 66.5 cm³/mol. The molecule has 0 saturated heterocycles. The number of aryl methyl sites for hydroxylation is 1. The van der Waals surface area contributed by atoms with Gasteiger partial charge in [0.25, 0.3) is 0 Å². The second-order valence-corrected chi connectivity index (χ2v) is 4.92. The van der Waals surface area contributed by atoms with E-state index in [0.29, 0.717) is 12.0 Å². The number of aromatic nitrogens is 2. The van der Waals surface area contributed by atoms with Crippen molar-refractivity contribution in [1.29, 1.82) is 0 Å². The monoisotopic (exact) mass is 221 g/mol. The van der Waals surface area contributed by atoms with Gasteiger partial charge in [-0.3, -0.25) is 4.68 Å². The SMILES string of the molecule is CCCn1nccc1C1CCC(NC)C1C. The molecule has 0 aliphatic heterocycles. The first kappa shape index (κ1) is 11.6. The molecule has 0 bridgehead atoms. The molecule has 1 fully saturated rings. The molecule has 1 saturated carbocycles. The molecule has 1 N–H and O–H groups in total. The van der Waals surface area contributed by atoms with Gasteiger partial charge in [-0.15, -0.1) is 0 Å². The molecule has 90 valence electrons. The molecule has 0 aromatic carbocycles. The maximum Gasteiger partial charge on any atom is 0.0492 e. The van der Waals surface area contributed by atoms with Crippen LogP contribution < -0.4 is 5.32 Å². The zero-order valence-electron chi connectivity index (χ0n) is 10.6. The molecule has 1 aliphatic rings. The minimum absolute atomic E-state index is 0.676. The summed E-state index contributed by atoms with van der Waals surface area (Å²) in [6.45, 7) is 5.62. The van der Waals surface area contributed by atoms with E-state index in [2.05, 4.69) is 42.1 Å². The number of hydrogen-bond donors (Lipinski definition) is 1. The Balaban J connectivity index is 2.15. The number of nitrogens with one attached hydrogen (secondary N) is 1. The average molecular weight is 221 g/mol. The lowest BCUT2D eigenvalue weighted by atomic mass is 9.92. The van der Waals surface area contributed by atoms with E-state index in [9.17, 15) is 0 Å². The Morgan fingerprint density at radius 2 is 2.31 bits per heavy atom. The smallest absolute Gasteiger partial charge is 0.0492 e. The van der Waals surface area contributed by atoms with Crippen LogP contribution in [0.15, 0.2) is 12.3 Å². The largest absolute Gasteiger partial charge is 0.317 e. The highest BCUT2D eigenvalue weighted by molar-refractivity contribution is 5.13. The third kappa shape index (κ3) is 2.01. The quantitative estimate of drug-likeness (QED) is 0.846. The summed E-state index contributed by atoms with van der Waals surface area (Å²) in [4.78, 5) is 0. The van der Waals surface area contributed by atoms with Crippen LogP contribution in [0.4, 0.5) is 0 Å². The van der Waals surface area contributed by atoms with E-state index < -0.39 is 0 Å². The van der Waals surface area contributed by atoms with Crippen LogP contribution in [0.1, 0.15) is 44.7 Å². The van der Waals surface area contributed by atoms with Crippen molar-refractivity contribution < 1.29 is 0 Å². The normalized spacial score (nSPS) is 29.8. The van der Waals surface area contributed by atoms with Crippen molar-refractivity contribution in [2.45, 2.75) is 51.6 Å². The number of rotatable bonds is 4. The second kappa shape index (κ2) is 5.00. The first-order valence-electron chi connectivity index (χ1n) is 6.47. The molecule has 1 aromatic heterocycles. The second-order valence-electron chi connectivity index (χ2n) is 4.92. The summed E-state index contributed by atoms with van der Waals surface area (Å²) in [5, 5.41) is 7.86. The fourth-order valence-electron chi connectivity index (χ4n) is 3.05. The Bertz CT molecular complexity index is 332. The number of nitrogens with zero attached hydrogens (tertiary/aromatic N) is 2. The van der Waals surface area contributed by atoms with Crippen LogP contribution in [0.2, 0.25) is 0 Å². The molecule has 0 amide bonds. The highest BCUT2D eigenvalue weighted by Crippen LogP contribution is 2.39. The van der Waals surface area contributed by atoms with Crippen LogP contribution in [0.5, 0.6) is 0 Å². The van der Waals surface area contributed by atoms with Crippen LogP contribution in [-0.2, 0) is 6.54 Å². The Hall–Kier alpha value is -0.830. The molecule has 1 aliphatic carbocycles. The van der Waals surface area contributed by atoms with Crippen LogP contribution >= 0.6 is 0 Å². The van der Waals surface area contributed by atoms with E-state index in [1.54, 1.807) is 0 Å². The van der Waals surface area contributed by atoms with E-state index >= 15 is 0 Å². The van der Waals surface area contributed by atoms with Gasteiger partial charge in [0.15, 0.2) is 0 Å². The van der Waals surface area contributed by atoms with Gasteiger partial charge in [-0.2, -0.15) is 5.10 Å². The minimum Gasteiger partial charge on any atom is -0.317 e. The zero-order chi connectivity index (χ0) is 11.5. The van der Waals surface area contributed by atoms with Crippen LogP contribution in [0.25, 0.3) is 0 Å². The summed E-state index contributed by atoms with van der Waals surface area (Å²) in [5.74, 6) is 1.41. The Labute approximate surface area is 98.2 Å². The molecule has 3 nitrogen and oxygen atoms in total. The van der Waals surface area contributed by atoms with E-state index in [1.165, 1.54) is 18.5 Å². The third-order valence-corrected chi connectivity index (χ3v) is 3.99. The third-order valence-electron chi connectivity index (χ3n) is 3.99. The summed E-state index contributed by atoms with van der Waals surface area (Å²) < 4.78 is 2.19. The predicted octanol–water partition coefficient (Wildman–Crippen LogP) is 2.39. The van der Waals surface area contributed by atoms with Crippen LogP contribution in [0.3, 0.4) is 0 Å². The topological polar surface area (TPSA) is 29.9 Å². The Morgan fingerprint density at radius 3 is 2.94 bits per heavy atom. The average Bonchev–Trinajstić information content (AvgIpc) is 2.85. The highest BCUT2D eigenvalue weighted by atomic mass is 15.3. The van der Waals surface area contributed by atoms with Gasteiger partial charge >= 0.3 is 0 Å². The standard InChI is InChI=1S/C13H23N3/c1-4-9-16-13(7-8-15-16)11-5-6-12(14-3)10(11)2/h7-8,10-12,14H,4-6,9H2,1-3H3. The molecule has 16 heavy (non-hydrogen) atoms. The van der Waals surface area contributed by atoms with Crippen LogP contribution in [0, 0.1) is 5.92 Å². The lowest BCUT2D eigenvalue weighted by Gasteiger charge is -2.21. The van der Waals surface area contributed by atoms with Crippen molar-refractivity contribution in [2.75, 3.05) is 7.05 Å². The van der Waals surface area contributed by atoms with Crippen molar-refractivity contribution in [3.63, 3.8) is 0 Å². The van der Waals surface area contributed by atoms with Gasteiger partial charge in [0.1, 0.15) is 0 Å². The summed E-state index contributed by atoms with van der Waals surface area (Å²) >= 11 is 0. The van der Waals surface area contributed by atoms with E-state index in [4.69, 9.17) is 0 Å². The van der Waals surface area contributed by atoms with Crippen molar-refractivity contribution in [2.24, 2.45) is 5.92 Å². The first-order chi connectivity index (χ1) is 7.77. The number of hydrogen-bond acceptors (Lipinski definition) is 2. The Kier molecular flexibility index (Phi) is 3.64. The fraction of sp³-hybridized carbons (Fsp3) is 0.769. The molecule has 2 rings (SSSR count). The van der Waals surface area contributed by atoms with Gasteiger partial charge in [-0.25, -0.2) is 0 Å². The lowest BCUT2D eigenvalue weighted by molar-refractivity contribution is 0.410. The summed E-state index contributed by atoms with van der Waals surface area (Å²) in [7, 11) is 2.08. The molecule has 0 spiro atoms. The van der Waals surface area contributed by atoms with Crippen molar-refractivity contribution in [1.82, 2.24) is 15.1 Å². The van der Waals surface area contributed by atoms with Crippen molar-refractivity contribution in [3.05, 3.63) is 18.0 Å². The van der Waals surface area contributed by atoms with Crippen molar-refractivity contribution >= 4 is 0 Å². The van der Waals surface area contributed by atoms with Gasteiger partial charge in [-0.05, 0) is 38.3 Å². The van der Waals surface area contributed by atoms with Gasteiger partial charge in [0, 0.05) is 30.4 Å². The zero-order valence-corrected chi connectivity index (χ0v) is 10.6. The summed E-state index contributed by atoms with van der Waals surface area (Å²) in [6, 6.07) is 2.88. The molecular weight excluding hydrogens is 198 g/mol. The fourth-order valence-corrected chi connectivity index (χ4v) is 3.05. The van der Waals surface area contributed by atoms with Crippen molar-refractivity contribution in [3.8, 4) is 0 Å². The summed E-state index contributed by atoms with van der Waals surface area (Å²) in [5.41, 5.74) is 1.44. The molecule has 1 heterocycles. The van der Waals surface area contributed by atoms with Gasteiger partial charge in [-0.1, -0.05) is 13.8 Å².